The van der Waals surface area contributed by atoms with Gasteiger partial charge < -0.3 is 4.74 Å². The van der Waals surface area contributed by atoms with Gasteiger partial charge in [0.15, 0.2) is 0 Å². The molecular formula is C8H13F3O2. The van der Waals surface area contributed by atoms with Crippen molar-refractivity contribution in [1.29, 1.82) is 0 Å². The maximum absolute atomic E-state index is 12.1. The van der Waals surface area contributed by atoms with Crippen LogP contribution in [0.4, 0.5) is 13.2 Å². The maximum atomic E-state index is 12.1. The highest BCUT2D eigenvalue weighted by molar-refractivity contribution is 5.69. The molecule has 0 spiro atoms. The molecule has 0 aromatic heterocycles. The van der Waals surface area contributed by atoms with Crippen LogP contribution >= 0.6 is 0 Å². The van der Waals surface area contributed by atoms with Gasteiger partial charge in [0.2, 0.25) is 0 Å². The van der Waals surface area contributed by atoms with Crippen molar-refractivity contribution in [3.63, 3.8) is 0 Å². The van der Waals surface area contributed by atoms with Gasteiger partial charge in [-0.2, -0.15) is 13.2 Å². The van der Waals surface area contributed by atoms with Crippen LogP contribution in [-0.2, 0) is 9.53 Å². The van der Waals surface area contributed by atoms with E-state index in [0.29, 0.717) is 0 Å². The molecule has 0 aliphatic carbocycles. The van der Waals surface area contributed by atoms with Crippen LogP contribution in [0.2, 0.25) is 0 Å². The van der Waals surface area contributed by atoms with Crippen LogP contribution in [0.5, 0.6) is 0 Å². The third kappa shape index (κ3) is 4.75. The molecule has 0 aromatic rings. The molecule has 0 amide bonds. The van der Waals surface area contributed by atoms with Crippen molar-refractivity contribution < 1.29 is 22.7 Å². The summed E-state index contributed by atoms with van der Waals surface area (Å²) in [5.74, 6) is -1.99. The van der Waals surface area contributed by atoms with E-state index in [1.54, 1.807) is 0 Å². The first-order chi connectivity index (χ1) is 5.91. The number of methoxy groups -OCH3 is 1. The topological polar surface area (TPSA) is 26.3 Å². The van der Waals surface area contributed by atoms with E-state index in [1.807, 2.05) is 0 Å². The van der Waals surface area contributed by atoms with E-state index in [0.717, 1.165) is 7.11 Å². The Hall–Kier alpha value is -0.740. The lowest BCUT2D eigenvalue weighted by Gasteiger charge is -2.17. The molecule has 0 radical (unpaired) electrons. The summed E-state index contributed by atoms with van der Waals surface area (Å²) in [4.78, 5) is 10.6. The Morgan fingerprint density at radius 1 is 1.46 bits per heavy atom. The number of hydrogen-bond donors (Lipinski definition) is 0. The standard InChI is InChI=1S/C8H13F3O2/c1-3-6(8(9,10)11)4-5-7(12)13-2/h6H,3-5H2,1-2H3. The van der Waals surface area contributed by atoms with Gasteiger partial charge >= 0.3 is 12.1 Å². The zero-order chi connectivity index (χ0) is 10.5. The van der Waals surface area contributed by atoms with Gasteiger partial charge in [0.25, 0.3) is 0 Å². The Bertz CT molecular complexity index is 165. The smallest absolute Gasteiger partial charge is 0.391 e. The van der Waals surface area contributed by atoms with Crippen LogP contribution < -0.4 is 0 Å². The molecule has 1 unspecified atom stereocenters. The highest BCUT2D eigenvalue weighted by Gasteiger charge is 2.37. The molecule has 0 fully saturated rings. The quantitative estimate of drug-likeness (QED) is 0.649. The number of carbonyl (C=O) groups excluding carboxylic acids is 1. The molecule has 13 heavy (non-hydrogen) atoms. The predicted octanol–water partition coefficient (Wildman–Crippen LogP) is 2.53. The third-order valence-corrected chi connectivity index (χ3v) is 1.88. The van der Waals surface area contributed by atoms with Gasteiger partial charge in [0.1, 0.15) is 0 Å². The molecule has 0 aliphatic rings. The molecule has 0 bridgehead atoms. The lowest BCUT2D eigenvalue weighted by atomic mass is 10.00. The Morgan fingerprint density at radius 3 is 2.31 bits per heavy atom. The SMILES string of the molecule is CCC(CCC(=O)OC)C(F)(F)F. The van der Waals surface area contributed by atoms with Crippen LogP contribution in [-0.4, -0.2) is 19.3 Å². The molecule has 0 heterocycles. The Kier molecular flexibility index (Phi) is 4.80. The molecule has 2 nitrogen and oxygen atoms in total. The molecule has 0 saturated carbocycles. The van der Waals surface area contributed by atoms with E-state index >= 15 is 0 Å². The van der Waals surface area contributed by atoms with Crippen molar-refractivity contribution in [1.82, 2.24) is 0 Å². The van der Waals surface area contributed by atoms with Crippen molar-refractivity contribution in [2.75, 3.05) is 7.11 Å². The van der Waals surface area contributed by atoms with Crippen LogP contribution in [0.1, 0.15) is 26.2 Å². The summed E-state index contributed by atoms with van der Waals surface area (Å²) in [5, 5.41) is 0. The summed E-state index contributed by atoms with van der Waals surface area (Å²) in [6.45, 7) is 1.45. The van der Waals surface area contributed by atoms with Crippen LogP contribution in [0, 0.1) is 5.92 Å². The minimum absolute atomic E-state index is 0.000490. The predicted molar refractivity (Wildman–Crippen MR) is 41.1 cm³/mol. The van der Waals surface area contributed by atoms with Gasteiger partial charge in [-0.05, 0) is 12.8 Å². The summed E-state index contributed by atoms with van der Waals surface area (Å²) in [6, 6.07) is 0. The number of hydrogen-bond acceptors (Lipinski definition) is 2. The van der Waals surface area contributed by atoms with Gasteiger partial charge in [0.05, 0.1) is 13.0 Å². The summed E-state index contributed by atoms with van der Waals surface area (Å²) >= 11 is 0. The Labute approximate surface area is 75.1 Å². The van der Waals surface area contributed by atoms with Crippen LogP contribution in [0.25, 0.3) is 0 Å². The monoisotopic (exact) mass is 198 g/mol. The average molecular weight is 198 g/mol. The van der Waals surface area contributed by atoms with Gasteiger partial charge in [-0.25, -0.2) is 0 Å². The molecule has 0 saturated heterocycles. The fraction of sp³-hybridized carbons (Fsp3) is 0.875. The highest BCUT2D eigenvalue weighted by atomic mass is 19.4. The molecule has 1 atom stereocenters. The zero-order valence-corrected chi connectivity index (χ0v) is 7.65. The van der Waals surface area contributed by atoms with Crippen molar-refractivity contribution in [2.24, 2.45) is 5.92 Å². The zero-order valence-electron chi connectivity index (χ0n) is 7.65. The van der Waals surface area contributed by atoms with Crippen molar-refractivity contribution in [2.45, 2.75) is 32.4 Å². The fourth-order valence-corrected chi connectivity index (χ4v) is 0.993. The Morgan fingerprint density at radius 2 is 2.00 bits per heavy atom. The van der Waals surface area contributed by atoms with E-state index in [9.17, 15) is 18.0 Å². The second-order valence-electron chi connectivity index (χ2n) is 2.76. The first kappa shape index (κ1) is 12.3. The molecule has 0 aromatic carbocycles. The summed E-state index contributed by atoms with van der Waals surface area (Å²) in [5.41, 5.74) is 0. The minimum Gasteiger partial charge on any atom is -0.469 e. The number of halogens is 3. The largest absolute Gasteiger partial charge is 0.469 e. The first-order valence-corrected chi connectivity index (χ1v) is 4.05. The van der Waals surface area contributed by atoms with Crippen LogP contribution in [0.3, 0.4) is 0 Å². The molecule has 78 valence electrons. The highest BCUT2D eigenvalue weighted by Crippen LogP contribution is 2.32. The number of rotatable bonds is 4. The average Bonchev–Trinajstić information content (AvgIpc) is 2.02. The van der Waals surface area contributed by atoms with E-state index in [2.05, 4.69) is 4.74 Å². The second kappa shape index (κ2) is 5.09. The molecule has 5 heteroatoms. The molecule has 0 aliphatic heterocycles. The van der Waals surface area contributed by atoms with Gasteiger partial charge in [-0.1, -0.05) is 6.92 Å². The summed E-state index contributed by atoms with van der Waals surface area (Å²) in [6.07, 6.45) is -4.57. The molecule has 0 N–H and O–H groups in total. The van der Waals surface area contributed by atoms with Gasteiger partial charge in [-0.3, -0.25) is 4.79 Å². The fourth-order valence-electron chi connectivity index (χ4n) is 0.993. The molecular weight excluding hydrogens is 185 g/mol. The van der Waals surface area contributed by atoms with Gasteiger partial charge in [-0.15, -0.1) is 0 Å². The minimum atomic E-state index is -4.21. The van der Waals surface area contributed by atoms with Gasteiger partial charge in [0, 0.05) is 6.42 Å². The van der Waals surface area contributed by atoms with E-state index in [-0.39, 0.29) is 19.3 Å². The van der Waals surface area contributed by atoms with Crippen molar-refractivity contribution in [3.8, 4) is 0 Å². The number of carbonyl (C=O) groups is 1. The Balaban J connectivity index is 3.93. The normalized spacial score (nSPS) is 13.9. The third-order valence-electron chi connectivity index (χ3n) is 1.88. The lowest BCUT2D eigenvalue weighted by molar-refractivity contribution is -0.178. The lowest BCUT2D eigenvalue weighted by Crippen LogP contribution is -2.23. The van der Waals surface area contributed by atoms with E-state index < -0.39 is 18.1 Å². The summed E-state index contributed by atoms with van der Waals surface area (Å²) < 4.78 is 40.6. The summed E-state index contributed by atoms with van der Waals surface area (Å²) in [7, 11) is 1.16. The number of ether oxygens (including phenoxy) is 1. The van der Waals surface area contributed by atoms with Crippen LogP contribution in [0.15, 0.2) is 0 Å². The van der Waals surface area contributed by atoms with Crippen molar-refractivity contribution in [3.05, 3.63) is 0 Å². The number of alkyl halides is 3. The van der Waals surface area contributed by atoms with E-state index in [4.69, 9.17) is 0 Å². The molecule has 0 rings (SSSR count). The van der Waals surface area contributed by atoms with E-state index in [1.165, 1.54) is 6.92 Å². The first-order valence-electron chi connectivity index (χ1n) is 4.05. The maximum Gasteiger partial charge on any atom is 0.391 e. The number of esters is 1. The van der Waals surface area contributed by atoms with Crippen molar-refractivity contribution >= 4 is 5.97 Å². The second-order valence-corrected chi connectivity index (χ2v) is 2.76.